The van der Waals surface area contributed by atoms with Gasteiger partial charge in [-0.2, -0.15) is 13.2 Å². The van der Waals surface area contributed by atoms with Crippen LogP contribution in [0.5, 0.6) is 0 Å². The molecule has 1 aliphatic rings. The van der Waals surface area contributed by atoms with E-state index in [-0.39, 0.29) is 29.2 Å². The van der Waals surface area contributed by atoms with Crippen LogP contribution in [0.3, 0.4) is 0 Å². The second kappa shape index (κ2) is 9.42. The molecule has 1 aromatic carbocycles. The minimum Gasteiger partial charge on any atom is -0.377 e. The third-order valence-electron chi connectivity index (χ3n) is 5.64. The minimum atomic E-state index is -4.62. The third-order valence-corrected chi connectivity index (χ3v) is 7.66. The summed E-state index contributed by atoms with van der Waals surface area (Å²) in [5.41, 5.74) is 4.06. The molecule has 0 aliphatic carbocycles. The highest BCUT2D eigenvalue weighted by Crippen LogP contribution is 2.42. The monoisotopic (exact) mass is 502 g/mol. The summed E-state index contributed by atoms with van der Waals surface area (Å²) in [5.74, 6) is -0.353. The average Bonchev–Trinajstić information content (AvgIpc) is 3.17. The van der Waals surface area contributed by atoms with Crippen LogP contribution in [0.2, 0.25) is 30.7 Å². The molecule has 0 saturated carbocycles. The second-order valence-electron chi connectivity index (χ2n) is 9.67. The highest BCUT2D eigenvalue weighted by Gasteiger charge is 2.44. The molecule has 6 nitrogen and oxygen atoms in total. The zero-order chi connectivity index (χ0) is 24.6. The van der Waals surface area contributed by atoms with Gasteiger partial charge in [-0.25, -0.2) is 4.98 Å². The molecule has 0 saturated heterocycles. The van der Waals surface area contributed by atoms with Crippen molar-refractivity contribution in [2.45, 2.75) is 51.3 Å². The molecular weight excluding hydrogens is 473 g/mol. The van der Waals surface area contributed by atoms with Crippen molar-refractivity contribution in [1.82, 2.24) is 21.0 Å². The first-order chi connectivity index (χ1) is 15.2. The number of pyridine rings is 1. The molecule has 0 amide bonds. The van der Waals surface area contributed by atoms with Crippen molar-refractivity contribution in [3.8, 4) is 0 Å². The molecule has 182 valence electrons. The Balaban J connectivity index is 1.95. The molecule has 0 fully saturated rings. The van der Waals surface area contributed by atoms with Crippen LogP contribution >= 0.6 is 11.6 Å². The fourth-order valence-corrected chi connectivity index (χ4v) is 4.70. The Morgan fingerprint density at radius 3 is 2.48 bits per heavy atom. The van der Waals surface area contributed by atoms with Gasteiger partial charge in [0, 0.05) is 26.3 Å². The van der Waals surface area contributed by atoms with Gasteiger partial charge in [-0.05, 0) is 30.2 Å². The molecule has 3 rings (SSSR count). The lowest BCUT2D eigenvalue weighted by atomic mass is 9.83. The number of hydrogen-bond donors (Lipinski definition) is 3. The Morgan fingerprint density at radius 2 is 1.88 bits per heavy atom. The molecule has 0 bridgehead atoms. The predicted octanol–water partition coefficient (Wildman–Crippen LogP) is 5.23. The first-order valence-corrected chi connectivity index (χ1v) is 14.8. The molecule has 1 aliphatic heterocycles. The van der Waals surface area contributed by atoms with Gasteiger partial charge in [0.25, 0.3) is 0 Å². The summed E-state index contributed by atoms with van der Waals surface area (Å²) in [6.45, 7) is 11.2. The smallest absolute Gasteiger partial charge is 0.377 e. The molecule has 33 heavy (non-hydrogen) atoms. The number of nitrogens with one attached hydrogen (secondary N) is 2. The molecule has 2 heterocycles. The summed E-state index contributed by atoms with van der Waals surface area (Å²) in [5, 5.41) is 12.9. The lowest BCUT2D eigenvalue weighted by Gasteiger charge is -2.37. The van der Waals surface area contributed by atoms with E-state index in [4.69, 9.17) is 16.3 Å². The van der Waals surface area contributed by atoms with Crippen LogP contribution in [0.1, 0.15) is 25.1 Å². The van der Waals surface area contributed by atoms with Gasteiger partial charge in [0.2, 0.25) is 0 Å². The van der Waals surface area contributed by atoms with Crippen molar-refractivity contribution in [3.63, 3.8) is 0 Å². The van der Waals surface area contributed by atoms with E-state index in [0.717, 1.165) is 6.04 Å². The van der Waals surface area contributed by atoms with Gasteiger partial charge >= 0.3 is 6.18 Å². The molecule has 11 heteroatoms. The standard InChI is InChI=1S/C22H30ClF3N4O2Si/c1-14(2)21(31,19-12-27-29-30(19)13-32-10-11-33(3,4)5)18-9-6-15-17(28-18)8-7-16(23)20(15)22(24,25)26/h6-9,12,14,27,29,31H,10-11,13H2,1-5H3. The number of benzene rings is 1. The Labute approximate surface area is 197 Å². The van der Waals surface area contributed by atoms with Crippen LogP contribution < -0.4 is 11.0 Å². The maximum atomic E-state index is 13.6. The van der Waals surface area contributed by atoms with Gasteiger partial charge in [0.1, 0.15) is 6.73 Å². The third kappa shape index (κ3) is 5.46. The lowest BCUT2D eigenvalue weighted by Crippen LogP contribution is -2.47. The lowest BCUT2D eigenvalue weighted by molar-refractivity contribution is -0.136. The quantitative estimate of drug-likeness (QED) is 0.339. The van der Waals surface area contributed by atoms with E-state index < -0.39 is 30.4 Å². The van der Waals surface area contributed by atoms with E-state index in [9.17, 15) is 18.3 Å². The largest absolute Gasteiger partial charge is 0.418 e. The molecule has 0 spiro atoms. The fourth-order valence-electron chi connectivity index (χ4n) is 3.67. The molecule has 0 radical (unpaired) electrons. The van der Waals surface area contributed by atoms with Crippen molar-refractivity contribution in [2.75, 3.05) is 13.3 Å². The normalized spacial score (nSPS) is 16.8. The Kier molecular flexibility index (Phi) is 7.35. The van der Waals surface area contributed by atoms with Gasteiger partial charge in [-0.1, -0.05) is 51.2 Å². The summed E-state index contributed by atoms with van der Waals surface area (Å²) in [4.78, 5) is 4.42. The summed E-state index contributed by atoms with van der Waals surface area (Å²) in [6, 6.07) is 6.32. The molecular formula is C22H30ClF3N4O2Si. The number of hydrogen-bond acceptors (Lipinski definition) is 6. The van der Waals surface area contributed by atoms with Crippen LogP contribution in [0.4, 0.5) is 13.2 Å². The van der Waals surface area contributed by atoms with Gasteiger partial charge in [-0.3, -0.25) is 5.01 Å². The number of ether oxygens (including phenoxy) is 1. The maximum Gasteiger partial charge on any atom is 0.418 e. The van der Waals surface area contributed by atoms with E-state index in [0.29, 0.717) is 12.3 Å². The van der Waals surface area contributed by atoms with Crippen LogP contribution in [-0.2, 0) is 16.5 Å². The predicted molar refractivity (Wildman–Crippen MR) is 126 cm³/mol. The van der Waals surface area contributed by atoms with Crippen LogP contribution in [0.15, 0.2) is 36.2 Å². The zero-order valence-corrected chi connectivity index (χ0v) is 21.1. The van der Waals surface area contributed by atoms with Gasteiger partial charge < -0.3 is 15.3 Å². The summed E-state index contributed by atoms with van der Waals surface area (Å²) >= 11 is 5.84. The molecule has 3 N–H and O–H groups in total. The number of nitrogens with zero attached hydrogens (tertiary/aromatic N) is 2. The van der Waals surface area contributed by atoms with Gasteiger partial charge in [-0.15, -0.1) is 5.53 Å². The summed E-state index contributed by atoms with van der Waals surface area (Å²) in [7, 11) is -1.25. The number of alkyl halides is 3. The molecule has 1 aromatic heterocycles. The first kappa shape index (κ1) is 25.8. The van der Waals surface area contributed by atoms with Crippen molar-refractivity contribution in [2.24, 2.45) is 5.92 Å². The van der Waals surface area contributed by atoms with Crippen LogP contribution in [-0.4, -0.2) is 36.5 Å². The topological polar surface area (TPSA) is 69.7 Å². The van der Waals surface area contributed by atoms with E-state index in [1.165, 1.54) is 24.3 Å². The SMILES string of the molecule is CC(C)C(O)(C1=CNNN1COCC[Si](C)(C)C)c1ccc2c(C(F)(F)F)c(Cl)ccc2n1. The second-order valence-corrected chi connectivity index (χ2v) is 15.7. The van der Waals surface area contributed by atoms with Crippen LogP contribution in [0, 0.1) is 5.92 Å². The summed E-state index contributed by atoms with van der Waals surface area (Å²) in [6.07, 6.45) is -3.02. The average molecular weight is 503 g/mol. The van der Waals surface area contributed by atoms with E-state index in [2.05, 4.69) is 35.6 Å². The highest BCUT2D eigenvalue weighted by molar-refractivity contribution is 6.76. The van der Waals surface area contributed by atoms with Crippen molar-refractivity contribution >= 4 is 30.6 Å². The number of hydrazine groups is 2. The number of aromatic nitrogens is 1. The number of halogens is 4. The Bertz CT molecular complexity index is 1040. The zero-order valence-electron chi connectivity index (χ0n) is 19.3. The van der Waals surface area contributed by atoms with E-state index in [1.54, 1.807) is 11.2 Å². The van der Waals surface area contributed by atoms with Gasteiger partial charge in [0.05, 0.1) is 27.5 Å². The van der Waals surface area contributed by atoms with E-state index in [1.807, 2.05) is 13.8 Å². The summed E-state index contributed by atoms with van der Waals surface area (Å²) < 4.78 is 46.5. The molecule has 2 aromatic rings. The van der Waals surface area contributed by atoms with E-state index >= 15 is 0 Å². The Morgan fingerprint density at radius 1 is 1.18 bits per heavy atom. The minimum absolute atomic E-state index is 0.0979. The van der Waals surface area contributed by atoms with Crippen molar-refractivity contribution in [1.29, 1.82) is 0 Å². The first-order valence-electron chi connectivity index (χ1n) is 10.7. The molecule has 1 unspecified atom stereocenters. The van der Waals surface area contributed by atoms with Crippen molar-refractivity contribution in [3.05, 3.63) is 52.4 Å². The fraction of sp³-hybridized carbons (Fsp3) is 0.500. The molecule has 1 atom stereocenters. The van der Waals surface area contributed by atoms with Crippen molar-refractivity contribution < 1.29 is 23.0 Å². The van der Waals surface area contributed by atoms with Crippen LogP contribution in [0.25, 0.3) is 10.9 Å². The highest BCUT2D eigenvalue weighted by atomic mass is 35.5. The number of fused-ring (bicyclic) bond motifs is 1. The maximum absolute atomic E-state index is 13.6. The number of rotatable bonds is 8. The number of aliphatic hydroxyl groups is 1. The van der Waals surface area contributed by atoms with Gasteiger partial charge in [0.15, 0.2) is 5.60 Å². The Hall–Kier alpha value is -1.85.